The van der Waals surface area contributed by atoms with Gasteiger partial charge in [-0.15, -0.1) is 0 Å². The number of imidazole rings is 1. The van der Waals surface area contributed by atoms with Crippen molar-refractivity contribution in [3.63, 3.8) is 0 Å². The predicted molar refractivity (Wildman–Crippen MR) is 62.7 cm³/mol. The number of nitrogens with one attached hydrogen (secondary N) is 1. The Morgan fingerprint density at radius 1 is 1.12 bits per heavy atom. The molecule has 84 valence electrons. The van der Waals surface area contributed by atoms with Crippen molar-refractivity contribution in [3.05, 3.63) is 36.7 Å². The van der Waals surface area contributed by atoms with Crippen LogP contribution in [0.2, 0.25) is 0 Å². The summed E-state index contributed by atoms with van der Waals surface area (Å²) in [7, 11) is 0. The third kappa shape index (κ3) is 1.57. The number of phenolic OH excluding ortho intramolecular Hbond substituents is 2. The number of hydrogen-bond donors (Lipinski definition) is 3. The Bertz CT molecular complexity index is 658. The number of aromatic nitrogens is 3. The molecule has 3 N–H and O–H groups in total. The van der Waals surface area contributed by atoms with Gasteiger partial charge in [-0.05, 0) is 18.2 Å². The molecule has 0 aliphatic rings. The summed E-state index contributed by atoms with van der Waals surface area (Å²) in [6.45, 7) is 0. The fourth-order valence-corrected chi connectivity index (χ4v) is 1.70. The van der Waals surface area contributed by atoms with Crippen LogP contribution in [-0.4, -0.2) is 25.2 Å². The van der Waals surface area contributed by atoms with Crippen molar-refractivity contribution < 1.29 is 10.2 Å². The first-order valence-corrected chi connectivity index (χ1v) is 5.06. The van der Waals surface area contributed by atoms with Gasteiger partial charge in [-0.1, -0.05) is 0 Å². The number of fused-ring (bicyclic) bond motifs is 1. The Morgan fingerprint density at radius 2 is 2.00 bits per heavy atom. The second-order valence-electron chi connectivity index (χ2n) is 3.68. The maximum absolute atomic E-state index is 9.73. The molecule has 0 aliphatic heterocycles. The standard InChI is InChI=1S/C12H9N3O2/c16-7-1-2-8(11(17)5-7)12-14-9-3-4-13-6-10(9)15-12/h1-6,16-17H,(H,14,15). The van der Waals surface area contributed by atoms with Crippen LogP contribution in [0, 0.1) is 0 Å². The minimum absolute atomic E-state index is 0.0167. The summed E-state index contributed by atoms with van der Waals surface area (Å²) in [6, 6.07) is 6.17. The minimum Gasteiger partial charge on any atom is -0.508 e. The van der Waals surface area contributed by atoms with Crippen LogP contribution < -0.4 is 0 Å². The third-order valence-electron chi connectivity index (χ3n) is 2.52. The number of aromatic hydroxyl groups is 2. The molecule has 0 fully saturated rings. The number of hydrogen-bond acceptors (Lipinski definition) is 4. The highest BCUT2D eigenvalue weighted by Gasteiger charge is 2.09. The van der Waals surface area contributed by atoms with Crippen molar-refractivity contribution in [2.45, 2.75) is 0 Å². The molecule has 1 aromatic carbocycles. The topological polar surface area (TPSA) is 82.0 Å². The first kappa shape index (κ1) is 9.65. The van der Waals surface area contributed by atoms with E-state index in [1.54, 1.807) is 24.5 Å². The zero-order valence-corrected chi connectivity index (χ0v) is 8.75. The van der Waals surface area contributed by atoms with E-state index < -0.39 is 0 Å². The Kier molecular flexibility index (Phi) is 1.98. The van der Waals surface area contributed by atoms with E-state index in [4.69, 9.17) is 0 Å². The van der Waals surface area contributed by atoms with Crippen LogP contribution in [0.5, 0.6) is 11.5 Å². The van der Waals surface area contributed by atoms with E-state index in [0.29, 0.717) is 11.4 Å². The lowest BCUT2D eigenvalue weighted by molar-refractivity contribution is 0.451. The first-order chi connectivity index (χ1) is 8.24. The van der Waals surface area contributed by atoms with Crippen LogP contribution in [0.25, 0.3) is 22.4 Å². The van der Waals surface area contributed by atoms with E-state index in [1.807, 2.05) is 0 Å². The van der Waals surface area contributed by atoms with Gasteiger partial charge in [0.05, 0.1) is 22.8 Å². The molecule has 0 amide bonds. The van der Waals surface area contributed by atoms with Crippen LogP contribution >= 0.6 is 0 Å². The maximum atomic E-state index is 9.73. The molecule has 2 heterocycles. The fourth-order valence-electron chi connectivity index (χ4n) is 1.70. The highest BCUT2D eigenvalue weighted by atomic mass is 16.3. The molecule has 0 unspecified atom stereocenters. The van der Waals surface area contributed by atoms with Crippen molar-refractivity contribution in [3.8, 4) is 22.9 Å². The largest absolute Gasteiger partial charge is 0.508 e. The molecular formula is C12H9N3O2. The number of aromatic amines is 1. The van der Waals surface area contributed by atoms with Crippen LogP contribution in [0.1, 0.15) is 0 Å². The van der Waals surface area contributed by atoms with E-state index in [9.17, 15) is 10.2 Å². The summed E-state index contributed by atoms with van der Waals surface area (Å²) in [6.07, 6.45) is 3.33. The van der Waals surface area contributed by atoms with Crippen molar-refractivity contribution in [2.75, 3.05) is 0 Å². The summed E-state index contributed by atoms with van der Waals surface area (Å²) in [5.74, 6) is 0.548. The van der Waals surface area contributed by atoms with E-state index in [0.717, 1.165) is 11.0 Å². The molecule has 0 radical (unpaired) electrons. The van der Waals surface area contributed by atoms with Crippen molar-refractivity contribution >= 4 is 11.0 Å². The van der Waals surface area contributed by atoms with E-state index in [-0.39, 0.29) is 11.5 Å². The lowest BCUT2D eigenvalue weighted by Crippen LogP contribution is -1.81. The summed E-state index contributed by atoms with van der Waals surface area (Å²) >= 11 is 0. The van der Waals surface area contributed by atoms with Crippen LogP contribution in [0.4, 0.5) is 0 Å². The molecule has 0 aliphatic carbocycles. The smallest absolute Gasteiger partial charge is 0.142 e. The molecule has 5 heteroatoms. The zero-order chi connectivity index (χ0) is 11.8. The van der Waals surface area contributed by atoms with Gasteiger partial charge in [0.15, 0.2) is 0 Å². The maximum Gasteiger partial charge on any atom is 0.142 e. The molecular weight excluding hydrogens is 218 g/mol. The average Bonchev–Trinajstić information content (AvgIpc) is 2.72. The van der Waals surface area contributed by atoms with E-state index in [1.165, 1.54) is 12.1 Å². The van der Waals surface area contributed by atoms with Gasteiger partial charge in [0.1, 0.15) is 17.3 Å². The van der Waals surface area contributed by atoms with Crippen molar-refractivity contribution in [1.29, 1.82) is 0 Å². The van der Waals surface area contributed by atoms with Gasteiger partial charge in [0, 0.05) is 12.3 Å². The molecule has 0 saturated carbocycles. The molecule has 3 aromatic rings. The number of rotatable bonds is 1. The molecule has 3 rings (SSSR count). The fraction of sp³-hybridized carbons (Fsp3) is 0. The second-order valence-corrected chi connectivity index (χ2v) is 3.68. The third-order valence-corrected chi connectivity index (χ3v) is 2.52. The quantitative estimate of drug-likeness (QED) is 0.594. The highest BCUT2D eigenvalue weighted by molar-refractivity contribution is 5.79. The van der Waals surface area contributed by atoms with Gasteiger partial charge in [0.25, 0.3) is 0 Å². The number of nitrogens with zero attached hydrogens (tertiary/aromatic N) is 2. The summed E-state index contributed by atoms with van der Waals surface area (Å²) in [4.78, 5) is 11.4. The highest BCUT2D eigenvalue weighted by Crippen LogP contribution is 2.31. The Balaban J connectivity index is 2.20. The summed E-state index contributed by atoms with van der Waals surface area (Å²) in [5.41, 5.74) is 2.12. The van der Waals surface area contributed by atoms with Gasteiger partial charge >= 0.3 is 0 Å². The van der Waals surface area contributed by atoms with Gasteiger partial charge in [-0.3, -0.25) is 4.98 Å². The van der Waals surface area contributed by atoms with Crippen LogP contribution in [-0.2, 0) is 0 Å². The van der Waals surface area contributed by atoms with E-state index >= 15 is 0 Å². The van der Waals surface area contributed by atoms with Gasteiger partial charge < -0.3 is 15.2 Å². The van der Waals surface area contributed by atoms with Crippen molar-refractivity contribution in [1.82, 2.24) is 15.0 Å². The molecule has 0 bridgehead atoms. The SMILES string of the molecule is Oc1ccc(-c2nc3ccncc3[nH]2)c(O)c1. The number of pyridine rings is 1. The van der Waals surface area contributed by atoms with Gasteiger partial charge in [-0.2, -0.15) is 0 Å². The Morgan fingerprint density at radius 3 is 2.76 bits per heavy atom. The van der Waals surface area contributed by atoms with Gasteiger partial charge in [0.2, 0.25) is 0 Å². The zero-order valence-electron chi connectivity index (χ0n) is 8.75. The van der Waals surface area contributed by atoms with Gasteiger partial charge in [-0.25, -0.2) is 4.98 Å². The van der Waals surface area contributed by atoms with Crippen molar-refractivity contribution in [2.24, 2.45) is 0 Å². The molecule has 0 spiro atoms. The lowest BCUT2D eigenvalue weighted by atomic mass is 10.2. The predicted octanol–water partition coefficient (Wildman–Crippen LogP) is 2.04. The first-order valence-electron chi connectivity index (χ1n) is 5.06. The number of H-pyrrole nitrogens is 1. The molecule has 2 aromatic heterocycles. The van der Waals surface area contributed by atoms with Crippen LogP contribution in [0.3, 0.4) is 0 Å². The monoisotopic (exact) mass is 227 g/mol. The minimum atomic E-state index is -0.0167. The average molecular weight is 227 g/mol. The second kappa shape index (κ2) is 3.48. The molecule has 0 saturated heterocycles. The Labute approximate surface area is 96.4 Å². The molecule has 17 heavy (non-hydrogen) atoms. The van der Waals surface area contributed by atoms with E-state index in [2.05, 4.69) is 15.0 Å². The Hall–Kier alpha value is -2.56. The summed E-state index contributed by atoms with van der Waals surface area (Å²) in [5, 5.41) is 19.0. The number of benzene rings is 1. The molecule has 0 atom stereocenters. The summed E-state index contributed by atoms with van der Waals surface area (Å²) < 4.78 is 0. The molecule has 5 nitrogen and oxygen atoms in total. The van der Waals surface area contributed by atoms with Crippen LogP contribution in [0.15, 0.2) is 36.7 Å². The lowest BCUT2D eigenvalue weighted by Gasteiger charge is -2.00. The number of phenols is 2. The normalized spacial score (nSPS) is 10.8.